The molecule has 1 rings (SSSR count). The van der Waals surface area contributed by atoms with Crippen molar-refractivity contribution in [3.8, 4) is 0 Å². The number of nitrogens with one attached hydrogen (secondary N) is 1. The van der Waals surface area contributed by atoms with Gasteiger partial charge in [-0.15, -0.1) is 0 Å². The highest BCUT2D eigenvalue weighted by Gasteiger charge is 2.34. The van der Waals surface area contributed by atoms with E-state index < -0.39 is 5.54 Å². The summed E-state index contributed by atoms with van der Waals surface area (Å²) in [7, 11) is 2.20. The number of nitrogens with zero attached hydrogens (tertiary/aromatic N) is 1. The summed E-state index contributed by atoms with van der Waals surface area (Å²) in [5, 5.41) is 3.26. The smallest absolute Gasteiger partial charge is 0.237 e. The molecule has 3 N–H and O–H groups in total. The second kappa shape index (κ2) is 7.99. The Balaban J connectivity index is 2.62. The molecule has 0 aromatic heterocycles. The van der Waals surface area contributed by atoms with E-state index in [-0.39, 0.29) is 5.91 Å². The number of rotatable bonds is 7. The van der Waals surface area contributed by atoms with Crippen LogP contribution in [0.5, 0.6) is 0 Å². The molecular weight excluding hydrogens is 250 g/mol. The van der Waals surface area contributed by atoms with Crippen LogP contribution in [0.3, 0.4) is 0 Å². The maximum absolute atomic E-state index is 11.7. The highest BCUT2D eigenvalue weighted by molar-refractivity contribution is 5.84. The van der Waals surface area contributed by atoms with E-state index in [1.54, 1.807) is 0 Å². The van der Waals surface area contributed by atoms with Gasteiger partial charge in [0.05, 0.1) is 5.54 Å². The molecule has 0 aliphatic heterocycles. The van der Waals surface area contributed by atoms with Gasteiger partial charge in [-0.25, -0.2) is 0 Å². The molecule has 1 aliphatic carbocycles. The molecule has 4 heteroatoms. The van der Waals surface area contributed by atoms with E-state index in [9.17, 15) is 4.79 Å². The second-order valence-corrected chi connectivity index (χ2v) is 6.59. The normalized spacial score (nSPS) is 22.2. The molecule has 4 nitrogen and oxygen atoms in total. The number of amides is 1. The molecule has 1 saturated carbocycles. The summed E-state index contributed by atoms with van der Waals surface area (Å²) in [5.74, 6) is -0.250. The first-order valence-electron chi connectivity index (χ1n) is 8.17. The van der Waals surface area contributed by atoms with Gasteiger partial charge in [-0.1, -0.05) is 32.6 Å². The number of carbonyl (C=O) groups is 1. The number of primary amides is 1. The van der Waals surface area contributed by atoms with Crippen molar-refractivity contribution < 1.29 is 4.79 Å². The molecule has 118 valence electrons. The molecule has 0 spiro atoms. The Hall–Kier alpha value is -0.610. The number of hydrogen-bond acceptors (Lipinski definition) is 3. The lowest BCUT2D eigenvalue weighted by Gasteiger charge is -2.37. The van der Waals surface area contributed by atoms with Crippen LogP contribution in [0.4, 0.5) is 0 Å². The van der Waals surface area contributed by atoms with E-state index >= 15 is 0 Å². The number of carbonyl (C=O) groups excluding carboxylic acids is 1. The van der Waals surface area contributed by atoms with Crippen LogP contribution in [-0.4, -0.2) is 42.0 Å². The average Bonchev–Trinajstić information content (AvgIpc) is 2.66. The summed E-state index contributed by atoms with van der Waals surface area (Å²) in [4.78, 5) is 14.2. The Morgan fingerprint density at radius 2 is 1.90 bits per heavy atom. The van der Waals surface area contributed by atoms with Crippen molar-refractivity contribution >= 4 is 5.91 Å². The maximum Gasteiger partial charge on any atom is 0.237 e. The second-order valence-electron chi connectivity index (χ2n) is 6.59. The predicted octanol–water partition coefficient (Wildman–Crippen LogP) is 2.27. The molecule has 0 bridgehead atoms. The SMILES string of the molecule is CCNC(C)(CC(C)N(C)C1CCCCCC1)C(N)=O. The summed E-state index contributed by atoms with van der Waals surface area (Å²) in [6, 6.07) is 1.01. The van der Waals surface area contributed by atoms with E-state index in [1.807, 2.05) is 13.8 Å². The number of nitrogens with two attached hydrogens (primary N) is 1. The van der Waals surface area contributed by atoms with Crippen LogP contribution in [-0.2, 0) is 4.79 Å². The van der Waals surface area contributed by atoms with Crippen LogP contribution in [0, 0.1) is 0 Å². The Labute approximate surface area is 124 Å². The largest absolute Gasteiger partial charge is 0.368 e. The zero-order chi connectivity index (χ0) is 15.2. The van der Waals surface area contributed by atoms with Gasteiger partial charge >= 0.3 is 0 Å². The van der Waals surface area contributed by atoms with Crippen molar-refractivity contribution in [3.63, 3.8) is 0 Å². The number of likely N-dealkylation sites (N-methyl/N-ethyl adjacent to an activating group) is 1. The van der Waals surface area contributed by atoms with E-state index in [1.165, 1.54) is 38.5 Å². The summed E-state index contributed by atoms with van der Waals surface area (Å²) in [6.07, 6.45) is 8.75. The van der Waals surface area contributed by atoms with Gasteiger partial charge in [0.1, 0.15) is 0 Å². The van der Waals surface area contributed by atoms with E-state index in [4.69, 9.17) is 5.73 Å². The van der Waals surface area contributed by atoms with Gasteiger partial charge in [-0.3, -0.25) is 4.79 Å². The molecule has 0 aromatic carbocycles. The summed E-state index contributed by atoms with van der Waals surface area (Å²) < 4.78 is 0. The zero-order valence-electron chi connectivity index (χ0n) is 13.7. The quantitative estimate of drug-likeness (QED) is 0.705. The highest BCUT2D eigenvalue weighted by atomic mass is 16.1. The average molecular weight is 283 g/mol. The molecule has 0 aromatic rings. The molecule has 2 unspecified atom stereocenters. The highest BCUT2D eigenvalue weighted by Crippen LogP contribution is 2.25. The van der Waals surface area contributed by atoms with Crippen molar-refractivity contribution in [3.05, 3.63) is 0 Å². The number of hydrogen-bond donors (Lipinski definition) is 2. The van der Waals surface area contributed by atoms with Gasteiger partial charge in [-0.05, 0) is 46.7 Å². The Morgan fingerprint density at radius 3 is 2.35 bits per heavy atom. The standard InChI is InChI=1S/C16H33N3O/c1-5-18-16(3,15(17)20)12-13(2)19(4)14-10-8-6-7-9-11-14/h13-14,18H,5-12H2,1-4H3,(H2,17,20). The maximum atomic E-state index is 11.7. The van der Waals surface area contributed by atoms with Gasteiger partial charge in [-0.2, -0.15) is 0 Å². The van der Waals surface area contributed by atoms with E-state index in [0.717, 1.165) is 13.0 Å². The first-order chi connectivity index (χ1) is 9.40. The summed E-state index contributed by atoms with van der Waals surface area (Å²) >= 11 is 0. The molecule has 20 heavy (non-hydrogen) atoms. The van der Waals surface area contributed by atoms with Gasteiger partial charge in [0.15, 0.2) is 0 Å². The Morgan fingerprint density at radius 1 is 1.35 bits per heavy atom. The van der Waals surface area contributed by atoms with Crippen molar-refractivity contribution in [1.82, 2.24) is 10.2 Å². The third kappa shape index (κ3) is 4.74. The molecule has 1 aliphatic rings. The molecule has 2 atom stereocenters. The van der Waals surface area contributed by atoms with Gasteiger partial charge in [0, 0.05) is 12.1 Å². The summed E-state index contributed by atoms with van der Waals surface area (Å²) in [6.45, 7) is 6.92. The zero-order valence-corrected chi connectivity index (χ0v) is 13.7. The van der Waals surface area contributed by atoms with E-state index in [0.29, 0.717) is 12.1 Å². The minimum absolute atomic E-state index is 0.250. The van der Waals surface area contributed by atoms with Crippen molar-refractivity contribution in [2.45, 2.75) is 83.3 Å². The Kier molecular flexibility index (Phi) is 6.96. The van der Waals surface area contributed by atoms with Crippen molar-refractivity contribution in [2.75, 3.05) is 13.6 Å². The van der Waals surface area contributed by atoms with E-state index in [2.05, 4.69) is 24.2 Å². The molecule has 1 fully saturated rings. The first-order valence-corrected chi connectivity index (χ1v) is 8.17. The van der Waals surface area contributed by atoms with Crippen LogP contribution in [0.25, 0.3) is 0 Å². The Bertz CT molecular complexity index is 300. The van der Waals surface area contributed by atoms with Gasteiger partial charge < -0.3 is 16.0 Å². The molecule has 1 amide bonds. The summed E-state index contributed by atoms with van der Waals surface area (Å²) in [5.41, 5.74) is 4.98. The van der Waals surface area contributed by atoms with Crippen LogP contribution in [0.15, 0.2) is 0 Å². The van der Waals surface area contributed by atoms with Crippen LogP contribution < -0.4 is 11.1 Å². The van der Waals surface area contributed by atoms with Crippen LogP contribution in [0.2, 0.25) is 0 Å². The fourth-order valence-electron chi connectivity index (χ4n) is 3.41. The minimum atomic E-state index is -0.604. The third-order valence-corrected chi connectivity index (χ3v) is 4.91. The molecular formula is C16H33N3O. The van der Waals surface area contributed by atoms with Gasteiger partial charge in [0.2, 0.25) is 5.91 Å². The minimum Gasteiger partial charge on any atom is -0.368 e. The van der Waals surface area contributed by atoms with Crippen LogP contribution >= 0.6 is 0 Å². The third-order valence-electron chi connectivity index (χ3n) is 4.91. The monoisotopic (exact) mass is 283 g/mol. The van der Waals surface area contributed by atoms with Crippen LogP contribution in [0.1, 0.15) is 65.7 Å². The fraction of sp³-hybridized carbons (Fsp3) is 0.938. The lowest BCUT2D eigenvalue weighted by atomic mass is 9.91. The topological polar surface area (TPSA) is 58.4 Å². The first kappa shape index (κ1) is 17.4. The fourth-order valence-corrected chi connectivity index (χ4v) is 3.41. The lowest BCUT2D eigenvalue weighted by Crippen LogP contribution is -2.56. The molecule has 0 radical (unpaired) electrons. The van der Waals surface area contributed by atoms with Crippen molar-refractivity contribution in [1.29, 1.82) is 0 Å². The molecule has 0 heterocycles. The van der Waals surface area contributed by atoms with Gasteiger partial charge in [0.25, 0.3) is 0 Å². The predicted molar refractivity (Wildman–Crippen MR) is 84.6 cm³/mol. The van der Waals surface area contributed by atoms with Crippen molar-refractivity contribution in [2.24, 2.45) is 5.73 Å². The molecule has 0 saturated heterocycles. The lowest BCUT2D eigenvalue weighted by molar-refractivity contribution is -0.124.